The zero-order valence-corrected chi connectivity index (χ0v) is 20.8. The van der Waals surface area contributed by atoms with Crippen LogP contribution in [-0.4, -0.2) is 27.8 Å². The zero-order valence-electron chi connectivity index (χ0n) is 20.8. The van der Waals surface area contributed by atoms with Gasteiger partial charge in [0.2, 0.25) is 5.91 Å². The largest absolute Gasteiger partial charge is 0.351 e. The van der Waals surface area contributed by atoms with Gasteiger partial charge in [0.05, 0.1) is 11.9 Å². The standard InChI is InChI=1S/C29H34N4O2/c1-29(2,3)22-14-16-24(17-15-22)33(28(35)21-10-6-4-7-11-21)26(25-20-30-18-19-31-25)27(34)32-23-12-8-5-9-13-23/h4,6-7,10-11,14-20,23,26H,5,8-9,12-13H2,1-3H3,(H,32,34). The van der Waals surface area contributed by atoms with E-state index in [1.807, 2.05) is 42.5 Å². The lowest BCUT2D eigenvalue weighted by Gasteiger charge is -2.33. The number of carbonyl (C=O) groups is 2. The fourth-order valence-corrected chi connectivity index (χ4v) is 4.59. The highest BCUT2D eigenvalue weighted by atomic mass is 16.2. The Kier molecular flexibility index (Phi) is 7.59. The lowest BCUT2D eigenvalue weighted by Crippen LogP contribution is -2.47. The Balaban J connectivity index is 1.79. The molecule has 0 radical (unpaired) electrons. The van der Waals surface area contributed by atoms with E-state index in [1.54, 1.807) is 35.6 Å². The van der Waals surface area contributed by atoms with Crippen LogP contribution in [0.25, 0.3) is 0 Å². The van der Waals surface area contributed by atoms with Gasteiger partial charge in [0.25, 0.3) is 5.91 Å². The van der Waals surface area contributed by atoms with Crippen molar-refractivity contribution in [2.24, 2.45) is 0 Å². The Labute approximate surface area is 207 Å². The molecule has 1 aliphatic rings. The predicted molar refractivity (Wildman–Crippen MR) is 138 cm³/mol. The first-order valence-corrected chi connectivity index (χ1v) is 12.4. The molecule has 35 heavy (non-hydrogen) atoms. The number of hydrogen-bond acceptors (Lipinski definition) is 4. The summed E-state index contributed by atoms with van der Waals surface area (Å²) >= 11 is 0. The van der Waals surface area contributed by atoms with Gasteiger partial charge in [-0.2, -0.15) is 0 Å². The van der Waals surface area contributed by atoms with Crippen molar-refractivity contribution >= 4 is 17.5 Å². The summed E-state index contributed by atoms with van der Waals surface area (Å²) in [5.41, 5.74) is 2.70. The van der Waals surface area contributed by atoms with Crippen LogP contribution in [0.1, 0.15) is 80.5 Å². The molecule has 0 spiro atoms. The van der Waals surface area contributed by atoms with E-state index in [0.717, 1.165) is 31.2 Å². The van der Waals surface area contributed by atoms with Crippen LogP contribution in [0.2, 0.25) is 0 Å². The van der Waals surface area contributed by atoms with E-state index in [1.165, 1.54) is 6.42 Å². The second-order valence-electron chi connectivity index (χ2n) is 10.2. The maximum atomic E-state index is 13.9. The molecule has 6 nitrogen and oxygen atoms in total. The molecule has 1 saturated carbocycles. The number of nitrogens with one attached hydrogen (secondary N) is 1. The molecule has 3 aromatic rings. The molecule has 1 atom stereocenters. The molecule has 1 aromatic heterocycles. The summed E-state index contributed by atoms with van der Waals surface area (Å²) in [4.78, 5) is 38.0. The van der Waals surface area contributed by atoms with Gasteiger partial charge in [0, 0.05) is 29.7 Å². The fourth-order valence-electron chi connectivity index (χ4n) is 4.59. The van der Waals surface area contributed by atoms with Gasteiger partial charge in [-0.25, -0.2) is 0 Å². The number of benzene rings is 2. The van der Waals surface area contributed by atoms with Crippen molar-refractivity contribution in [2.45, 2.75) is 70.4 Å². The Morgan fingerprint density at radius 3 is 2.23 bits per heavy atom. The highest BCUT2D eigenvalue weighted by molar-refractivity contribution is 6.10. The predicted octanol–water partition coefficient (Wildman–Crippen LogP) is 5.61. The van der Waals surface area contributed by atoms with Gasteiger partial charge in [-0.3, -0.25) is 24.5 Å². The highest BCUT2D eigenvalue weighted by Gasteiger charge is 2.36. The Morgan fingerprint density at radius 1 is 0.943 bits per heavy atom. The highest BCUT2D eigenvalue weighted by Crippen LogP contribution is 2.32. The molecule has 2 aromatic carbocycles. The van der Waals surface area contributed by atoms with Crippen molar-refractivity contribution in [3.05, 3.63) is 90.0 Å². The molecule has 1 heterocycles. The molecule has 0 bridgehead atoms. The van der Waals surface area contributed by atoms with Crippen LogP contribution >= 0.6 is 0 Å². The first kappa shape index (κ1) is 24.6. The zero-order chi connectivity index (χ0) is 24.8. The second kappa shape index (κ2) is 10.8. The minimum absolute atomic E-state index is 0.0323. The smallest absolute Gasteiger partial charge is 0.259 e. The first-order valence-electron chi connectivity index (χ1n) is 12.4. The van der Waals surface area contributed by atoms with Crippen molar-refractivity contribution in [3.8, 4) is 0 Å². The van der Waals surface area contributed by atoms with E-state index in [9.17, 15) is 9.59 Å². The number of anilines is 1. The molecule has 1 unspecified atom stereocenters. The molecule has 0 aliphatic heterocycles. The van der Waals surface area contributed by atoms with Crippen molar-refractivity contribution in [1.29, 1.82) is 0 Å². The Hall–Kier alpha value is -3.54. The van der Waals surface area contributed by atoms with Crippen molar-refractivity contribution < 1.29 is 9.59 Å². The Bertz CT molecular complexity index is 1120. The van der Waals surface area contributed by atoms with Gasteiger partial charge in [0.15, 0.2) is 6.04 Å². The summed E-state index contributed by atoms with van der Waals surface area (Å²) in [6.45, 7) is 6.44. The summed E-state index contributed by atoms with van der Waals surface area (Å²) in [7, 11) is 0. The lowest BCUT2D eigenvalue weighted by atomic mass is 9.87. The molecule has 4 rings (SSSR count). The van der Waals surface area contributed by atoms with Crippen LogP contribution in [0.5, 0.6) is 0 Å². The van der Waals surface area contributed by atoms with E-state index in [4.69, 9.17) is 0 Å². The van der Waals surface area contributed by atoms with Crippen molar-refractivity contribution in [1.82, 2.24) is 15.3 Å². The minimum atomic E-state index is -0.946. The van der Waals surface area contributed by atoms with E-state index in [-0.39, 0.29) is 23.3 Å². The molecular weight excluding hydrogens is 436 g/mol. The van der Waals surface area contributed by atoms with E-state index < -0.39 is 6.04 Å². The quantitative estimate of drug-likeness (QED) is 0.508. The van der Waals surface area contributed by atoms with E-state index >= 15 is 0 Å². The van der Waals surface area contributed by atoms with Gasteiger partial charge in [-0.05, 0) is 48.1 Å². The summed E-state index contributed by atoms with van der Waals surface area (Å²) in [6.07, 6.45) is 9.99. The van der Waals surface area contributed by atoms with Crippen LogP contribution in [0.15, 0.2) is 73.2 Å². The summed E-state index contributed by atoms with van der Waals surface area (Å²) in [6, 6.07) is 16.1. The molecule has 2 amide bonds. The Morgan fingerprint density at radius 2 is 1.63 bits per heavy atom. The summed E-state index contributed by atoms with van der Waals surface area (Å²) in [5, 5.41) is 3.21. The lowest BCUT2D eigenvalue weighted by molar-refractivity contribution is -0.123. The fraction of sp³-hybridized carbons (Fsp3) is 0.379. The third kappa shape index (κ3) is 5.94. The molecule has 6 heteroatoms. The number of carbonyl (C=O) groups excluding carboxylic acids is 2. The molecule has 1 fully saturated rings. The maximum Gasteiger partial charge on any atom is 0.259 e. The number of hydrogen-bond donors (Lipinski definition) is 1. The summed E-state index contributed by atoms with van der Waals surface area (Å²) < 4.78 is 0. The minimum Gasteiger partial charge on any atom is -0.351 e. The van der Waals surface area contributed by atoms with E-state index in [0.29, 0.717) is 16.9 Å². The molecule has 1 N–H and O–H groups in total. The van der Waals surface area contributed by atoms with Crippen LogP contribution in [-0.2, 0) is 10.2 Å². The average Bonchev–Trinajstić information content (AvgIpc) is 2.88. The topological polar surface area (TPSA) is 75.2 Å². The van der Waals surface area contributed by atoms with Crippen LogP contribution < -0.4 is 10.2 Å². The second-order valence-corrected chi connectivity index (χ2v) is 10.2. The third-order valence-corrected chi connectivity index (χ3v) is 6.57. The first-order chi connectivity index (χ1) is 16.8. The number of aromatic nitrogens is 2. The monoisotopic (exact) mass is 470 g/mol. The third-order valence-electron chi connectivity index (χ3n) is 6.57. The van der Waals surface area contributed by atoms with Gasteiger partial charge >= 0.3 is 0 Å². The molecule has 0 saturated heterocycles. The van der Waals surface area contributed by atoms with Gasteiger partial charge in [0.1, 0.15) is 0 Å². The van der Waals surface area contributed by atoms with Gasteiger partial charge in [-0.15, -0.1) is 0 Å². The SMILES string of the molecule is CC(C)(C)c1ccc(N(C(=O)c2ccccc2)C(C(=O)NC2CCCCC2)c2cnccn2)cc1. The van der Waals surface area contributed by atoms with Crippen LogP contribution in [0, 0.1) is 0 Å². The van der Waals surface area contributed by atoms with Gasteiger partial charge in [-0.1, -0.05) is 70.4 Å². The number of amides is 2. The number of rotatable bonds is 6. The maximum absolute atomic E-state index is 13.9. The normalized spacial score (nSPS) is 15.3. The molecular formula is C29H34N4O2. The van der Waals surface area contributed by atoms with Gasteiger partial charge < -0.3 is 5.32 Å². The van der Waals surface area contributed by atoms with Crippen LogP contribution in [0.4, 0.5) is 5.69 Å². The molecule has 1 aliphatic carbocycles. The number of nitrogens with zero attached hydrogens (tertiary/aromatic N) is 3. The summed E-state index contributed by atoms with van der Waals surface area (Å²) in [5.74, 6) is -0.495. The van der Waals surface area contributed by atoms with Crippen molar-refractivity contribution in [3.63, 3.8) is 0 Å². The average molecular weight is 471 g/mol. The van der Waals surface area contributed by atoms with E-state index in [2.05, 4.69) is 36.1 Å². The van der Waals surface area contributed by atoms with Crippen LogP contribution in [0.3, 0.4) is 0 Å². The van der Waals surface area contributed by atoms with Crippen molar-refractivity contribution in [2.75, 3.05) is 4.90 Å². The molecule has 182 valence electrons.